The van der Waals surface area contributed by atoms with Crippen molar-refractivity contribution in [1.29, 1.82) is 0 Å². The fourth-order valence-electron chi connectivity index (χ4n) is 2.92. The molecule has 1 spiro atoms. The van der Waals surface area contributed by atoms with Crippen LogP contribution in [0.4, 0.5) is 5.69 Å². The van der Waals surface area contributed by atoms with E-state index in [4.69, 9.17) is 11.6 Å². The number of hydrogen-bond donors (Lipinski definition) is 1. The van der Waals surface area contributed by atoms with E-state index in [0.29, 0.717) is 16.5 Å². The lowest BCUT2D eigenvalue weighted by atomic mass is 10.3. The van der Waals surface area contributed by atoms with Crippen molar-refractivity contribution in [3.63, 3.8) is 0 Å². The van der Waals surface area contributed by atoms with E-state index in [1.54, 1.807) is 67.1 Å². The van der Waals surface area contributed by atoms with Crippen LogP contribution in [0.1, 0.15) is 12.5 Å². The third kappa shape index (κ3) is 3.69. The number of likely N-dealkylation sites (N-methyl/N-ethyl adjacent to an activating group) is 1. The molecule has 1 N–H and O–H groups in total. The minimum atomic E-state index is -1.19. The molecule has 0 saturated heterocycles. The Bertz CT molecular complexity index is 1090. The van der Waals surface area contributed by atoms with E-state index in [0.717, 1.165) is 17.3 Å². The molecule has 152 valence electrons. The molecule has 1 amide bonds. The van der Waals surface area contributed by atoms with Gasteiger partial charge >= 0.3 is 0 Å². The highest BCUT2D eigenvalue weighted by atomic mass is 35.5. The largest absolute Gasteiger partial charge is 0.319 e. The number of rotatable bonds is 4. The van der Waals surface area contributed by atoms with E-state index in [-0.39, 0.29) is 16.7 Å². The fraction of sp³-hybridized carbons (Fsp3) is 0.150. The van der Waals surface area contributed by atoms with Gasteiger partial charge in [0.1, 0.15) is 5.82 Å². The highest BCUT2D eigenvalue weighted by molar-refractivity contribution is 8.17. The summed E-state index contributed by atoms with van der Waals surface area (Å²) in [4.78, 5) is 34.8. The normalized spacial score (nSPS) is 21.1. The summed E-state index contributed by atoms with van der Waals surface area (Å²) in [5.41, 5.74) is 1.50. The summed E-state index contributed by atoms with van der Waals surface area (Å²) < 4.78 is 0. The third-order valence-corrected chi connectivity index (χ3v) is 6.13. The number of anilines is 1. The number of nitrogens with zero attached hydrogens (tertiary/aromatic N) is 5. The Morgan fingerprint density at radius 2 is 1.93 bits per heavy atom. The number of carbonyl (C=O) groups is 2. The highest BCUT2D eigenvalue weighted by Crippen LogP contribution is 2.43. The van der Waals surface area contributed by atoms with Gasteiger partial charge in [0.15, 0.2) is 10.8 Å². The standard InChI is InChI=1S/C20H17ClN6O2S/c1-13(28)19-25-27(16-5-3-15(21)4-6-16)20(30-19)24-17(11-18(29)26(20)2)23-12-14-7-9-22-10-8-14/h3-12,24H,1-2H3/b23-12-. The van der Waals surface area contributed by atoms with Crippen LogP contribution in [-0.2, 0) is 9.59 Å². The number of pyridine rings is 1. The van der Waals surface area contributed by atoms with E-state index < -0.39 is 5.12 Å². The zero-order valence-electron chi connectivity index (χ0n) is 16.1. The molecule has 4 rings (SSSR count). The summed E-state index contributed by atoms with van der Waals surface area (Å²) in [5.74, 6) is -0.127. The molecular formula is C20H17ClN6O2S. The van der Waals surface area contributed by atoms with Gasteiger partial charge < -0.3 is 5.32 Å². The summed E-state index contributed by atoms with van der Waals surface area (Å²) in [5, 5.41) is 9.00. The average molecular weight is 441 g/mol. The minimum Gasteiger partial charge on any atom is -0.319 e. The molecule has 0 fully saturated rings. The number of halogens is 1. The number of thioether (sulfide) groups is 1. The average Bonchev–Trinajstić information content (AvgIpc) is 3.12. The van der Waals surface area contributed by atoms with E-state index in [2.05, 4.69) is 20.4 Å². The topological polar surface area (TPSA) is 90.3 Å². The molecule has 1 unspecified atom stereocenters. The van der Waals surface area contributed by atoms with Crippen LogP contribution in [0, 0.1) is 0 Å². The van der Waals surface area contributed by atoms with Gasteiger partial charge in [-0.1, -0.05) is 11.6 Å². The van der Waals surface area contributed by atoms with Gasteiger partial charge in [-0.05, 0) is 53.7 Å². The Morgan fingerprint density at radius 1 is 1.23 bits per heavy atom. The fourth-order valence-corrected chi connectivity index (χ4v) is 4.19. The molecule has 2 aliphatic rings. The van der Waals surface area contributed by atoms with E-state index in [9.17, 15) is 9.59 Å². The first-order valence-electron chi connectivity index (χ1n) is 8.95. The number of amides is 1. The SMILES string of the molecule is CC(=O)C1=NN(c2ccc(Cl)cc2)C2(NC(/N=C\c3ccncc3)=CC(=O)N2C)S1. The predicted octanol–water partition coefficient (Wildman–Crippen LogP) is 2.82. The lowest BCUT2D eigenvalue weighted by molar-refractivity contribution is -0.129. The Morgan fingerprint density at radius 3 is 2.60 bits per heavy atom. The van der Waals surface area contributed by atoms with Crippen LogP contribution in [0.5, 0.6) is 0 Å². The molecule has 2 aromatic rings. The van der Waals surface area contributed by atoms with Gasteiger partial charge in [0, 0.05) is 43.7 Å². The molecule has 0 bridgehead atoms. The first-order chi connectivity index (χ1) is 14.4. The molecule has 3 heterocycles. The number of ketones is 1. The molecule has 10 heteroatoms. The van der Waals surface area contributed by atoms with Gasteiger partial charge in [-0.15, -0.1) is 0 Å². The minimum absolute atomic E-state index is 0.199. The predicted molar refractivity (Wildman–Crippen MR) is 118 cm³/mol. The molecular weight excluding hydrogens is 424 g/mol. The number of benzene rings is 1. The number of nitrogens with one attached hydrogen (secondary N) is 1. The van der Waals surface area contributed by atoms with E-state index in [1.165, 1.54) is 17.9 Å². The monoisotopic (exact) mass is 440 g/mol. The Labute approximate surface area is 182 Å². The summed E-state index contributed by atoms with van der Waals surface area (Å²) in [6.45, 7) is 1.44. The molecule has 2 aliphatic heterocycles. The first kappa shape index (κ1) is 20.1. The van der Waals surface area contributed by atoms with Crippen LogP contribution in [0.15, 0.2) is 70.8 Å². The summed E-state index contributed by atoms with van der Waals surface area (Å²) in [7, 11) is 1.64. The van der Waals surface area contributed by atoms with Gasteiger partial charge in [-0.3, -0.25) is 19.5 Å². The maximum atomic E-state index is 12.8. The number of hydrazone groups is 1. The zero-order chi connectivity index (χ0) is 21.3. The van der Waals surface area contributed by atoms with E-state index in [1.807, 2.05) is 0 Å². The van der Waals surface area contributed by atoms with Gasteiger partial charge in [-0.25, -0.2) is 10.0 Å². The molecule has 1 aromatic heterocycles. The van der Waals surface area contributed by atoms with Crippen molar-refractivity contribution in [2.75, 3.05) is 12.1 Å². The van der Waals surface area contributed by atoms with Gasteiger partial charge in [-0.2, -0.15) is 5.10 Å². The molecule has 0 radical (unpaired) electrons. The summed E-state index contributed by atoms with van der Waals surface area (Å²) in [6.07, 6.45) is 6.35. The van der Waals surface area contributed by atoms with Crippen molar-refractivity contribution >= 4 is 52.0 Å². The first-order valence-corrected chi connectivity index (χ1v) is 10.1. The van der Waals surface area contributed by atoms with Gasteiger partial charge in [0.25, 0.3) is 11.0 Å². The van der Waals surface area contributed by atoms with Crippen molar-refractivity contribution in [3.05, 3.63) is 71.3 Å². The van der Waals surface area contributed by atoms with Crippen molar-refractivity contribution in [1.82, 2.24) is 15.2 Å². The van der Waals surface area contributed by atoms with Gasteiger partial charge in [0.2, 0.25) is 0 Å². The second-order valence-electron chi connectivity index (χ2n) is 6.55. The van der Waals surface area contributed by atoms with Crippen LogP contribution < -0.4 is 10.3 Å². The van der Waals surface area contributed by atoms with Crippen LogP contribution >= 0.6 is 23.4 Å². The maximum Gasteiger partial charge on any atom is 0.270 e. The second kappa shape index (κ2) is 7.92. The van der Waals surface area contributed by atoms with Crippen molar-refractivity contribution in [2.45, 2.75) is 12.0 Å². The summed E-state index contributed by atoms with van der Waals surface area (Å²) in [6, 6.07) is 10.6. The molecule has 0 saturated carbocycles. The van der Waals surface area contributed by atoms with Gasteiger partial charge in [0.05, 0.1) is 5.69 Å². The van der Waals surface area contributed by atoms with Crippen molar-refractivity contribution in [2.24, 2.45) is 10.1 Å². The van der Waals surface area contributed by atoms with Crippen molar-refractivity contribution < 1.29 is 9.59 Å². The third-order valence-electron chi connectivity index (χ3n) is 4.48. The molecule has 30 heavy (non-hydrogen) atoms. The molecule has 0 aliphatic carbocycles. The highest BCUT2D eigenvalue weighted by Gasteiger charge is 2.53. The lowest BCUT2D eigenvalue weighted by Gasteiger charge is -2.45. The smallest absolute Gasteiger partial charge is 0.270 e. The maximum absolute atomic E-state index is 12.8. The van der Waals surface area contributed by atoms with Crippen LogP contribution in [0.3, 0.4) is 0 Å². The quantitative estimate of drug-likeness (QED) is 0.735. The van der Waals surface area contributed by atoms with E-state index >= 15 is 0 Å². The Balaban J connectivity index is 1.73. The van der Waals surface area contributed by atoms with Crippen molar-refractivity contribution in [3.8, 4) is 0 Å². The Kier molecular flexibility index (Phi) is 5.31. The number of aromatic nitrogens is 1. The number of carbonyl (C=O) groups excluding carboxylic acids is 2. The number of aliphatic imine (C=N–C) groups is 1. The number of hydrogen-bond acceptors (Lipinski definition) is 8. The van der Waals surface area contributed by atoms with Crippen LogP contribution in [-0.4, -0.2) is 45.0 Å². The molecule has 1 atom stereocenters. The number of Topliss-reactive ketones (excluding diaryl/α,β-unsaturated/α-hetero) is 1. The van der Waals surface area contributed by atoms with Crippen LogP contribution in [0.2, 0.25) is 5.02 Å². The lowest BCUT2D eigenvalue weighted by Crippen LogP contribution is -2.66. The second-order valence-corrected chi connectivity index (χ2v) is 8.15. The molecule has 8 nitrogen and oxygen atoms in total. The molecule has 1 aromatic carbocycles. The summed E-state index contributed by atoms with van der Waals surface area (Å²) >= 11 is 7.17. The van der Waals surface area contributed by atoms with Crippen LogP contribution in [0.25, 0.3) is 0 Å². The Hall–Kier alpha value is -3.17. The zero-order valence-corrected chi connectivity index (χ0v) is 17.7.